The number of methoxy groups -OCH3 is 1. The summed E-state index contributed by atoms with van der Waals surface area (Å²) in [5.74, 6) is 1.78. The summed E-state index contributed by atoms with van der Waals surface area (Å²) in [4.78, 5) is 12.1. The third-order valence-corrected chi connectivity index (χ3v) is 3.91. The summed E-state index contributed by atoms with van der Waals surface area (Å²) in [6, 6.07) is 9.13. The van der Waals surface area contributed by atoms with Crippen LogP contribution < -0.4 is 10.6 Å². The summed E-state index contributed by atoms with van der Waals surface area (Å²) in [6.45, 7) is 2.65. The molecule has 1 aromatic carbocycles. The molecular weight excluding hydrogens is 280 g/mol. The van der Waals surface area contributed by atoms with Crippen LogP contribution in [0.5, 0.6) is 0 Å². The van der Waals surface area contributed by atoms with Gasteiger partial charge in [-0.15, -0.1) is 0 Å². The molecule has 6 nitrogen and oxygen atoms in total. The molecule has 1 aromatic heterocycles. The summed E-state index contributed by atoms with van der Waals surface area (Å²) in [6.07, 6.45) is 1.18. The quantitative estimate of drug-likeness (QED) is 0.792. The second-order valence-corrected chi connectivity index (χ2v) is 5.70. The Balaban J connectivity index is 1.61. The number of hydrogen-bond donors (Lipinski definition) is 3. The lowest BCUT2D eigenvalue weighted by molar-refractivity contribution is 0.185. The van der Waals surface area contributed by atoms with E-state index in [0.29, 0.717) is 24.3 Å². The summed E-state index contributed by atoms with van der Waals surface area (Å²) >= 11 is 0. The van der Waals surface area contributed by atoms with Crippen LogP contribution in [-0.4, -0.2) is 23.3 Å². The molecule has 1 saturated carbocycles. The van der Waals surface area contributed by atoms with Gasteiger partial charge in [-0.1, -0.05) is 25.1 Å². The van der Waals surface area contributed by atoms with Crippen molar-refractivity contribution in [3.63, 3.8) is 0 Å². The molecule has 1 aliphatic rings. The van der Waals surface area contributed by atoms with Gasteiger partial charge in [-0.05, 0) is 18.4 Å². The summed E-state index contributed by atoms with van der Waals surface area (Å²) in [5.41, 5.74) is 2.74. The van der Waals surface area contributed by atoms with E-state index in [4.69, 9.17) is 4.74 Å². The van der Waals surface area contributed by atoms with E-state index in [1.807, 2.05) is 30.3 Å². The topological polar surface area (TPSA) is 79.0 Å². The first-order chi connectivity index (χ1) is 10.7. The molecule has 2 amide bonds. The molecule has 6 heteroatoms. The molecule has 0 unspecified atom stereocenters. The molecule has 0 spiro atoms. The number of hydrogen-bond acceptors (Lipinski definition) is 3. The lowest BCUT2D eigenvalue weighted by Gasteiger charge is -2.10. The van der Waals surface area contributed by atoms with Gasteiger partial charge in [-0.2, -0.15) is 5.10 Å². The molecule has 1 heterocycles. The average molecular weight is 300 g/mol. The maximum absolute atomic E-state index is 12.1. The number of ether oxygens (including phenoxy) is 1. The van der Waals surface area contributed by atoms with Crippen LogP contribution >= 0.6 is 0 Å². The molecule has 1 aliphatic carbocycles. The fourth-order valence-corrected chi connectivity index (χ4v) is 2.54. The Morgan fingerprint density at radius 3 is 2.91 bits per heavy atom. The maximum atomic E-state index is 12.1. The largest absolute Gasteiger partial charge is 0.380 e. The number of carbonyl (C=O) groups excluding carboxylic acids is 1. The molecule has 22 heavy (non-hydrogen) atoms. The van der Waals surface area contributed by atoms with Crippen molar-refractivity contribution in [1.29, 1.82) is 0 Å². The first-order valence-corrected chi connectivity index (χ1v) is 7.37. The number of para-hydroxylation sites is 1. The zero-order valence-electron chi connectivity index (χ0n) is 12.7. The molecule has 3 rings (SSSR count). The fraction of sp³-hybridized carbons (Fsp3) is 0.375. The predicted octanol–water partition coefficient (Wildman–Crippen LogP) is 3.32. The van der Waals surface area contributed by atoms with E-state index >= 15 is 0 Å². The van der Waals surface area contributed by atoms with Crippen molar-refractivity contribution in [3.05, 3.63) is 41.6 Å². The van der Waals surface area contributed by atoms with E-state index in [0.717, 1.165) is 16.9 Å². The van der Waals surface area contributed by atoms with Gasteiger partial charge in [0.15, 0.2) is 5.82 Å². The van der Waals surface area contributed by atoms with Crippen molar-refractivity contribution in [1.82, 2.24) is 10.2 Å². The molecule has 1 fully saturated rings. The Labute approximate surface area is 129 Å². The Bertz CT molecular complexity index is 668. The normalized spacial score (nSPS) is 19.7. The summed E-state index contributed by atoms with van der Waals surface area (Å²) in [7, 11) is 1.63. The van der Waals surface area contributed by atoms with E-state index in [1.165, 1.54) is 6.42 Å². The number of rotatable bonds is 5. The highest BCUT2D eigenvalue weighted by atomic mass is 16.5. The van der Waals surface area contributed by atoms with Crippen LogP contribution in [0, 0.1) is 5.92 Å². The summed E-state index contributed by atoms with van der Waals surface area (Å²) < 4.78 is 5.13. The van der Waals surface area contributed by atoms with E-state index < -0.39 is 0 Å². The first-order valence-electron chi connectivity index (χ1n) is 7.37. The lowest BCUT2D eigenvalue weighted by Crippen LogP contribution is -2.20. The third kappa shape index (κ3) is 3.28. The number of H-pyrrole nitrogens is 1. The zero-order chi connectivity index (χ0) is 15.5. The van der Waals surface area contributed by atoms with Crippen LogP contribution in [0.1, 0.15) is 30.5 Å². The number of benzene rings is 1. The summed E-state index contributed by atoms with van der Waals surface area (Å²) in [5, 5.41) is 12.7. The monoisotopic (exact) mass is 300 g/mol. The number of anilines is 2. The van der Waals surface area contributed by atoms with E-state index in [-0.39, 0.29) is 6.03 Å². The minimum atomic E-state index is -0.314. The molecule has 2 aromatic rings. The van der Waals surface area contributed by atoms with Crippen LogP contribution in [0.15, 0.2) is 30.3 Å². The zero-order valence-corrected chi connectivity index (χ0v) is 12.7. The van der Waals surface area contributed by atoms with Gasteiger partial charge in [-0.25, -0.2) is 4.79 Å². The first kappa shape index (κ1) is 14.6. The molecule has 116 valence electrons. The number of aromatic nitrogens is 2. The van der Waals surface area contributed by atoms with Crippen molar-refractivity contribution >= 4 is 17.5 Å². The Morgan fingerprint density at radius 1 is 1.41 bits per heavy atom. The minimum absolute atomic E-state index is 0.314. The molecule has 0 bridgehead atoms. The Morgan fingerprint density at radius 2 is 2.18 bits per heavy atom. The van der Waals surface area contributed by atoms with Gasteiger partial charge in [0.25, 0.3) is 0 Å². The van der Waals surface area contributed by atoms with E-state index in [1.54, 1.807) is 7.11 Å². The van der Waals surface area contributed by atoms with Crippen molar-refractivity contribution in [2.45, 2.75) is 25.9 Å². The fourth-order valence-electron chi connectivity index (χ4n) is 2.54. The molecule has 0 aliphatic heterocycles. The van der Waals surface area contributed by atoms with Crippen molar-refractivity contribution < 1.29 is 9.53 Å². The number of carbonyl (C=O) groups is 1. The van der Waals surface area contributed by atoms with Crippen LogP contribution in [0.2, 0.25) is 0 Å². The van der Waals surface area contributed by atoms with Gasteiger partial charge < -0.3 is 10.1 Å². The van der Waals surface area contributed by atoms with Crippen LogP contribution in [0.25, 0.3) is 0 Å². The Kier molecular flexibility index (Phi) is 4.11. The second-order valence-electron chi connectivity index (χ2n) is 5.70. The van der Waals surface area contributed by atoms with Gasteiger partial charge in [0.1, 0.15) is 0 Å². The second kappa shape index (κ2) is 6.19. The molecular formula is C16H20N4O2. The lowest BCUT2D eigenvalue weighted by atomic mass is 10.2. The number of nitrogens with zero attached hydrogens (tertiary/aromatic N) is 1. The van der Waals surface area contributed by atoms with Crippen LogP contribution in [0.4, 0.5) is 16.3 Å². The SMILES string of the molecule is COCc1ccccc1NC(=O)Nc1cc([C@H]2C[C@@H]2C)[nH]n1. The minimum Gasteiger partial charge on any atom is -0.380 e. The van der Waals surface area contributed by atoms with E-state index in [9.17, 15) is 4.79 Å². The van der Waals surface area contributed by atoms with Crippen molar-refractivity contribution in [2.24, 2.45) is 5.92 Å². The van der Waals surface area contributed by atoms with Gasteiger partial charge in [0.2, 0.25) is 0 Å². The highest BCUT2D eigenvalue weighted by molar-refractivity contribution is 5.99. The standard InChI is InChI=1S/C16H20N4O2/c1-10-7-12(10)14-8-15(20-19-14)18-16(21)17-13-6-4-3-5-11(13)9-22-2/h3-6,8,10,12H,7,9H2,1-2H3,(H3,17,18,19,20,21)/t10-,12-/m0/s1. The highest BCUT2D eigenvalue weighted by Gasteiger charge is 2.35. The molecule has 0 saturated heterocycles. The van der Waals surface area contributed by atoms with Gasteiger partial charge in [-0.3, -0.25) is 10.4 Å². The smallest absolute Gasteiger partial charge is 0.324 e. The number of nitrogens with one attached hydrogen (secondary N) is 3. The molecule has 3 N–H and O–H groups in total. The number of amides is 2. The van der Waals surface area contributed by atoms with Gasteiger partial charge >= 0.3 is 6.03 Å². The van der Waals surface area contributed by atoms with E-state index in [2.05, 4.69) is 27.8 Å². The van der Waals surface area contributed by atoms with Crippen LogP contribution in [0.3, 0.4) is 0 Å². The number of urea groups is 1. The average Bonchev–Trinajstić information content (AvgIpc) is 3.05. The van der Waals surface area contributed by atoms with Crippen LogP contribution in [-0.2, 0) is 11.3 Å². The number of aromatic amines is 1. The predicted molar refractivity (Wildman–Crippen MR) is 84.9 cm³/mol. The van der Waals surface area contributed by atoms with Crippen molar-refractivity contribution in [3.8, 4) is 0 Å². The molecule has 0 radical (unpaired) electrons. The Hall–Kier alpha value is -2.34. The van der Waals surface area contributed by atoms with Crippen molar-refractivity contribution in [2.75, 3.05) is 17.7 Å². The van der Waals surface area contributed by atoms with Gasteiger partial charge in [0, 0.05) is 36.0 Å². The maximum Gasteiger partial charge on any atom is 0.324 e. The highest BCUT2D eigenvalue weighted by Crippen LogP contribution is 2.46. The van der Waals surface area contributed by atoms with Gasteiger partial charge in [0.05, 0.1) is 6.61 Å². The molecule has 2 atom stereocenters. The third-order valence-electron chi connectivity index (χ3n) is 3.91.